The maximum atomic E-state index is 4.10. The first-order valence-electron chi connectivity index (χ1n) is 6.28. The molecular formula is C13H19N3. The molecule has 1 aromatic heterocycles. The number of piperazine rings is 1. The number of aromatic nitrogens is 1. The number of pyridine rings is 1. The average Bonchev–Trinajstić information content (AvgIpc) is 3.15. The molecule has 1 N–H and O–H groups in total. The molecule has 2 fully saturated rings. The Morgan fingerprint density at radius 2 is 2.12 bits per heavy atom. The Labute approximate surface area is 96.9 Å². The van der Waals surface area contributed by atoms with Gasteiger partial charge in [-0.05, 0) is 36.5 Å². The molecule has 16 heavy (non-hydrogen) atoms. The molecule has 1 unspecified atom stereocenters. The van der Waals surface area contributed by atoms with E-state index in [1.165, 1.54) is 31.5 Å². The molecule has 1 aromatic rings. The fourth-order valence-corrected chi connectivity index (χ4v) is 2.51. The highest BCUT2D eigenvalue weighted by atomic mass is 15.2. The molecule has 1 atom stereocenters. The predicted octanol–water partition coefficient (Wildman–Crippen LogP) is 1.44. The van der Waals surface area contributed by atoms with E-state index in [-0.39, 0.29) is 0 Å². The van der Waals surface area contributed by atoms with E-state index in [9.17, 15) is 0 Å². The quantitative estimate of drug-likeness (QED) is 0.830. The van der Waals surface area contributed by atoms with Gasteiger partial charge in [0.1, 0.15) is 0 Å². The van der Waals surface area contributed by atoms with Gasteiger partial charge in [0.2, 0.25) is 0 Å². The SMILES string of the molecule is c1cc(C2CNCCN2CC2CC2)ccn1. The van der Waals surface area contributed by atoms with Crippen molar-refractivity contribution in [1.29, 1.82) is 0 Å². The number of rotatable bonds is 3. The van der Waals surface area contributed by atoms with Crippen LogP contribution in [0.4, 0.5) is 0 Å². The van der Waals surface area contributed by atoms with Gasteiger partial charge in [-0.15, -0.1) is 0 Å². The van der Waals surface area contributed by atoms with Crippen molar-refractivity contribution < 1.29 is 0 Å². The molecule has 0 spiro atoms. The van der Waals surface area contributed by atoms with Gasteiger partial charge in [-0.25, -0.2) is 0 Å². The molecule has 3 heteroatoms. The molecule has 0 radical (unpaired) electrons. The van der Waals surface area contributed by atoms with Gasteiger partial charge in [-0.3, -0.25) is 9.88 Å². The largest absolute Gasteiger partial charge is 0.314 e. The Balaban J connectivity index is 1.74. The lowest BCUT2D eigenvalue weighted by Crippen LogP contribution is -2.46. The van der Waals surface area contributed by atoms with Gasteiger partial charge >= 0.3 is 0 Å². The lowest BCUT2D eigenvalue weighted by atomic mass is 10.0. The molecule has 0 aromatic carbocycles. The first-order valence-corrected chi connectivity index (χ1v) is 6.28. The summed E-state index contributed by atoms with van der Waals surface area (Å²) >= 11 is 0. The topological polar surface area (TPSA) is 28.2 Å². The molecule has 1 saturated heterocycles. The van der Waals surface area contributed by atoms with Gasteiger partial charge in [0.15, 0.2) is 0 Å². The molecule has 0 amide bonds. The zero-order valence-electron chi connectivity index (χ0n) is 9.60. The van der Waals surface area contributed by atoms with Gasteiger partial charge in [-0.2, -0.15) is 0 Å². The molecule has 1 saturated carbocycles. The molecule has 3 rings (SSSR count). The molecule has 3 nitrogen and oxygen atoms in total. The first kappa shape index (κ1) is 10.2. The molecule has 2 heterocycles. The number of nitrogens with one attached hydrogen (secondary N) is 1. The Kier molecular flexibility index (Phi) is 2.89. The van der Waals surface area contributed by atoms with Gasteiger partial charge in [0.25, 0.3) is 0 Å². The normalized spacial score (nSPS) is 26.9. The zero-order valence-corrected chi connectivity index (χ0v) is 9.60. The monoisotopic (exact) mass is 217 g/mol. The standard InChI is InChI=1S/C13H19N3/c1-2-11(1)10-16-8-7-15-9-13(16)12-3-5-14-6-4-12/h3-6,11,13,15H,1-2,7-10H2. The summed E-state index contributed by atoms with van der Waals surface area (Å²) in [5.41, 5.74) is 1.41. The third kappa shape index (κ3) is 2.25. The van der Waals surface area contributed by atoms with Crippen LogP contribution in [0.1, 0.15) is 24.4 Å². The summed E-state index contributed by atoms with van der Waals surface area (Å²) in [5, 5.41) is 3.49. The van der Waals surface area contributed by atoms with E-state index in [4.69, 9.17) is 0 Å². The molecule has 86 valence electrons. The van der Waals surface area contributed by atoms with Crippen LogP contribution >= 0.6 is 0 Å². The van der Waals surface area contributed by atoms with Gasteiger partial charge in [0, 0.05) is 44.6 Å². The van der Waals surface area contributed by atoms with E-state index >= 15 is 0 Å². The van der Waals surface area contributed by atoms with Crippen molar-refractivity contribution in [1.82, 2.24) is 15.2 Å². The molecule has 0 bridgehead atoms. The zero-order chi connectivity index (χ0) is 10.8. The molecule has 2 aliphatic rings. The van der Waals surface area contributed by atoms with Crippen molar-refractivity contribution in [2.75, 3.05) is 26.2 Å². The minimum atomic E-state index is 0.553. The second kappa shape index (κ2) is 4.52. The van der Waals surface area contributed by atoms with Crippen LogP contribution in [0.5, 0.6) is 0 Å². The average molecular weight is 217 g/mol. The smallest absolute Gasteiger partial charge is 0.0474 e. The van der Waals surface area contributed by atoms with Crippen LogP contribution in [0.2, 0.25) is 0 Å². The Morgan fingerprint density at radius 3 is 2.88 bits per heavy atom. The maximum Gasteiger partial charge on any atom is 0.0474 e. The van der Waals surface area contributed by atoms with Crippen molar-refractivity contribution in [2.24, 2.45) is 5.92 Å². The summed E-state index contributed by atoms with van der Waals surface area (Å²) in [6.07, 6.45) is 6.68. The molecular weight excluding hydrogens is 198 g/mol. The summed E-state index contributed by atoms with van der Waals surface area (Å²) in [6.45, 7) is 4.68. The fraction of sp³-hybridized carbons (Fsp3) is 0.615. The third-order valence-corrected chi connectivity index (χ3v) is 3.63. The van der Waals surface area contributed by atoms with E-state index in [2.05, 4.69) is 27.3 Å². The van der Waals surface area contributed by atoms with Crippen LogP contribution in [0.3, 0.4) is 0 Å². The lowest BCUT2D eigenvalue weighted by molar-refractivity contribution is 0.155. The minimum Gasteiger partial charge on any atom is -0.314 e. The van der Waals surface area contributed by atoms with Crippen LogP contribution in [0.15, 0.2) is 24.5 Å². The van der Waals surface area contributed by atoms with Crippen molar-refractivity contribution in [3.63, 3.8) is 0 Å². The van der Waals surface area contributed by atoms with Crippen LogP contribution in [-0.2, 0) is 0 Å². The van der Waals surface area contributed by atoms with Crippen LogP contribution < -0.4 is 5.32 Å². The van der Waals surface area contributed by atoms with E-state index in [1.807, 2.05) is 12.4 Å². The number of hydrogen-bond acceptors (Lipinski definition) is 3. The summed E-state index contributed by atoms with van der Waals surface area (Å²) in [5.74, 6) is 0.974. The van der Waals surface area contributed by atoms with E-state index in [0.717, 1.165) is 19.0 Å². The molecule has 1 aliphatic carbocycles. The highest BCUT2D eigenvalue weighted by Gasteiger charge is 2.30. The highest BCUT2D eigenvalue weighted by molar-refractivity contribution is 5.16. The van der Waals surface area contributed by atoms with Crippen LogP contribution in [0.25, 0.3) is 0 Å². The Hall–Kier alpha value is -0.930. The Morgan fingerprint density at radius 1 is 1.31 bits per heavy atom. The predicted molar refractivity (Wildman–Crippen MR) is 64.1 cm³/mol. The summed E-state index contributed by atoms with van der Waals surface area (Å²) in [4.78, 5) is 6.74. The highest BCUT2D eigenvalue weighted by Crippen LogP contribution is 2.33. The lowest BCUT2D eigenvalue weighted by Gasteiger charge is -2.36. The summed E-state index contributed by atoms with van der Waals surface area (Å²) in [6, 6.07) is 4.85. The van der Waals surface area contributed by atoms with Gasteiger partial charge < -0.3 is 5.32 Å². The van der Waals surface area contributed by atoms with E-state index in [0.29, 0.717) is 6.04 Å². The van der Waals surface area contributed by atoms with E-state index < -0.39 is 0 Å². The van der Waals surface area contributed by atoms with Crippen molar-refractivity contribution in [3.05, 3.63) is 30.1 Å². The second-order valence-electron chi connectivity index (χ2n) is 4.94. The first-order chi connectivity index (χ1) is 7.93. The van der Waals surface area contributed by atoms with Crippen molar-refractivity contribution in [2.45, 2.75) is 18.9 Å². The van der Waals surface area contributed by atoms with Crippen molar-refractivity contribution >= 4 is 0 Å². The van der Waals surface area contributed by atoms with Crippen molar-refractivity contribution in [3.8, 4) is 0 Å². The maximum absolute atomic E-state index is 4.10. The summed E-state index contributed by atoms with van der Waals surface area (Å²) < 4.78 is 0. The second-order valence-corrected chi connectivity index (χ2v) is 4.94. The van der Waals surface area contributed by atoms with E-state index in [1.54, 1.807) is 0 Å². The Bertz CT molecular complexity index is 334. The third-order valence-electron chi connectivity index (χ3n) is 3.63. The fourth-order valence-electron chi connectivity index (χ4n) is 2.51. The molecule has 1 aliphatic heterocycles. The van der Waals surface area contributed by atoms with Crippen LogP contribution in [0, 0.1) is 5.92 Å². The summed E-state index contributed by atoms with van der Waals surface area (Å²) in [7, 11) is 0. The van der Waals surface area contributed by atoms with Gasteiger partial charge in [0.05, 0.1) is 0 Å². The van der Waals surface area contributed by atoms with Crippen LogP contribution in [-0.4, -0.2) is 36.1 Å². The van der Waals surface area contributed by atoms with Gasteiger partial charge in [-0.1, -0.05) is 0 Å². The number of hydrogen-bond donors (Lipinski definition) is 1. The minimum absolute atomic E-state index is 0.553. The number of nitrogens with zero attached hydrogens (tertiary/aromatic N) is 2.